The van der Waals surface area contributed by atoms with Gasteiger partial charge in [-0.2, -0.15) is 0 Å². The van der Waals surface area contributed by atoms with E-state index in [0.717, 1.165) is 16.5 Å². The summed E-state index contributed by atoms with van der Waals surface area (Å²) in [6.07, 6.45) is 5.53. The predicted molar refractivity (Wildman–Crippen MR) is 75.0 cm³/mol. The predicted octanol–water partition coefficient (Wildman–Crippen LogP) is 3.25. The molecule has 2 heterocycles. The van der Waals surface area contributed by atoms with Gasteiger partial charge in [-0.05, 0) is 46.2 Å². The van der Waals surface area contributed by atoms with E-state index in [2.05, 4.69) is 4.98 Å². The normalized spacial score (nSPS) is 13.5. The molecule has 0 spiro atoms. The lowest BCUT2D eigenvalue weighted by atomic mass is 10.2. The molecule has 1 unspecified atom stereocenters. The second-order valence-electron chi connectivity index (χ2n) is 5.82. The fourth-order valence-corrected chi connectivity index (χ4v) is 2.08. The van der Waals surface area contributed by atoms with E-state index < -0.39 is 5.60 Å². The molecule has 2 aromatic heterocycles. The molecule has 0 aromatic carbocycles. The van der Waals surface area contributed by atoms with E-state index in [4.69, 9.17) is 4.74 Å². The van der Waals surface area contributed by atoms with Gasteiger partial charge in [-0.25, -0.2) is 4.79 Å². The first-order valence-corrected chi connectivity index (χ1v) is 6.43. The Bertz CT molecular complexity index is 608. The SMILES string of the molecule is Cc1cn(C(C)C(=O)OC(C)(C)C)c2ccncc12. The van der Waals surface area contributed by atoms with Crippen molar-refractivity contribution >= 4 is 16.9 Å². The smallest absolute Gasteiger partial charge is 0.329 e. The molecule has 19 heavy (non-hydrogen) atoms. The van der Waals surface area contributed by atoms with Crippen molar-refractivity contribution in [3.05, 3.63) is 30.2 Å². The highest BCUT2D eigenvalue weighted by molar-refractivity contribution is 5.85. The summed E-state index contributed by atoms with van der Waals surface area (Å²) in [6.45, 7) is 9.50. The summed E-state index contributed by atoms with van der Waals surface area (Å²) in [6, 6.07) is 1.57. The second-order valence-corrected chi connectivity index (χ2v) is 5.82. The molecule has 0 N–H and O–H groups in total. The van der Waals surface area contributed by atoms with E-state index in [1.54, 1.807) is 6.20 Å². The van der Waals surface area contributed by atoms with Gasteiger partial charge >= 0.3 is 5.97 Å². The average molecular weight is 260 g/mol. The van der Waals surface area contributed by atoms with Crippen LogP contribution < -0.4 is 0 Å². The Morgan fingerprint density at radius 2 is 2.11 bits per heavy atom. The van der Waals surface area contributed by atoms with Crippen LogP contribution >= 0.6 is 0 Å². The number of rotatable bonds is 2. The van der Waals surface area contributed by atoms with Gasteiger partial charge in [0.15, 0.2) is 0 Å². The third-order valence-corrected chi connectivity index (χ3v) is 3.00. The summed E-state index contributed by atoms with van der Waals surface area (Å²) in [5, 5.41) is 1.07. The zero-order chi connectivity index (χ0) is 14.2. The molecular weight excluding hydrogens is 240 g/mol. The molecule has 102 valence electrons. The van der Waals surface area contributed by atoms with Crippen molar-refractivity contribution in [2.75, 3.05) is 0 Å². The lowest BCUT2D eigenvalue weighted by Crippen LogP contribution is -2.28. The number of carbonyl (C=O) groups is 1. The highest BCUT2D eigenvalue weighted by atomic mass is 16.6. The van der Waals surface area contributed by atoms with Crippen LogP contribution in [0.15, 0.2) is 24.7 Å². The van der Waals surface area contributed by atoms with Gasteiger partial charge in [-0.15, -0.1) is 0 Å². The monoisotopic (exact) mass is 260 g/mol. The maximum absolute atomic E-state index is 12.2. The van der Waals surface area contributed by atoms with E-state index >= 15 is 0 Å². The standard InChI is InChI=1S/C15H20N2O2/c1-10-9-17(13-6-7-16-8-12(10)13)11(2)14(18)19-15(3,4)5/h6-9,11H,1-5H3. The van der Waals surface area contributed by atoms with Crippen LogP contribution in [-0.2, 0) is 9.53 Å². The highest BCUT2D eigenvalue weighted by Crippen LogP contribution is 2.24. The van der Waals surface area contributed by atoms with E-state index in [1.165, 1.54) is 0 Å². The second kappa shape index (κ2) is 4.68. The number of ether oxygens (including phenoxy) is 1. The number of esters is 1. The molecule has 0 saturated heterocycles. The van der Waals surface area contributed by atoms with Gasteiger partial charge in [-0.3, -0.25) is 4.98 Å². The first-order chi connectivity index (χ1) is 8.79. The number of aryl methyl sites for hydroxylation is 1. The van der Waals surface area contributed by atoms with Gasteiger partial charge in [0.1, 0.15) is 11.6 Å². The summed E-state index contributed by atoms with van der Waals surface area (Å²) in [5.74, 6) is -0.221. The number of aromatic nitrogens is 2. The Morgan fingerprint density at radius 1 is 1.42 bits per heavy atom. The molecule has 2 rings (SSSR count). The molecule has 4 nitrogen and oxygen atoms in total. The van der Waals surface area contributed by atoms with Crippen molar-refractivity contribution in [3.8, 4) is 0 Å². The van der Waals surface area contributed by atoms with Crippen LogP contribution in [0.4, 0.5) is 0 Å². The molecule has 2 aromatic rings. The largest absolute Gasteiger partial charge is 0.458 e. The summed E-state index contributed by atoms with van der Waals surface area (Å²) < 4.78 is 7.38. The average Bonchev–Trinajstić information content (AvgIpc) is 2.64. The Labute approximate surface area is 113 Å². The first kappa shape index (κ1) is 13.6. The van der Waals surface area contributed by atoms with Crippen molar-refractivity contribution in [1.82, 2.24) is 9.55 Å². The number of pyridine rings is 1. The van der Waals surface area contributed by atoms with Crippen LogP contribution in [0.2, 0.25) is 0 Å². The minimum absolute atomic E-state index is 0.221. The maximum Gasteiger partial charge on any atom is 0.329 e. The fourth-order valence-electron chi connectivity index (χ4n) is 2.08. The lowest BCUT2D eigenvalue weighted by molar-refractivity contribution is -0.158. The molecule has 0 bridgehead atoms. The van der Waals surface area contributed by atoms with E-state index in [9.17, 15) is 4.79 Å². The lowest BCUT2D eigenvalue weighted by Gasteiger charge is -2.23. The molecule has 0 fully saturated rings. The van der Waals surface area contributed by atoms with E-state index in [1.807, 2.05) is 57.6 Å². The molecule has 0 amide bonds. The van der Waals surface area contributed by atoms with Gasteiger partial charge in [0.25, 0.3) is 0 Å². The summed E-state index contributed by atoms with van der Waals surface area (Å²) in [4.78, 5) is 16.3. The Balaban J connectivity index is 2.37. The van der Waals surface area contributed by atoms with Crippen molar-refractivity contribution in [3.63, 3.8) is 0 Å². The third-order valence-electron chi connectivity index (χ3n) is 3.00. The third kappa shape index (κ3) is 2.78. The first-order valence-electron chi connectivity index (χ1n) is 6.43. The molecular formula is C15H20N2O2. The van der Waals surface area contributed by atoms with Crippen molar-refractivity contribution in [1.29, 1.82) is 0 Å². The Hall–Kier alpha value is -1.84. The summed E-state index contributed by atoms with van der Waals surface area (Å²) >= 11 is 0. The molecule has 0 aliphatic rings. The van der Waals surface area contributed by atoms with E-state index in [-0.39, 0.29) is 12.0 Å². The van der Waals surface area contributed by atoms with Crippen molar-refractivity contribution in [2.45, 2.75) is 46.3 Å². The van der Waals surface area contributed by atoms with Gasteiger partial charge in [0, 0.05) is 24.0 Å². The molecule has 4 heteroatoms. The Morgan fingerprint density at radius 3 is 2.74 bits per heavy atom. The van der Waals surface area contributed by atoms with Gasteiger partial charge < -0.3 is 9.30 Å². The molecule has 0 saturated carbocycles. The zero-order valence-corrected chi connectivity index (χ0v) is 12.1. The minimum Gasteiger partial charge on any atom is -0.458 e. The van der Waals surface area contributed by atoms with Crippen LogP contribution in [0.3, 0.4) is 0 Å². The minimum atomic E-state index is -0.467. The van der Waals surface area contributed by atoms with Crippen molar-refractivity contribution < 1.29 is 9.53 Å². The summed E-state index contributed by atoms with van der Waals surface area (Å²) in [7, 11) is 0. The van der Waals surface area contributed by atoms with Gasteiger partial charge in [0.2, 0.25) is 0 Å². The number of nitrogens with zero attached hydrogens (tertiary/aromatic N) is 2. The topological polar surface area (TPSA) is 44.1 Å². The molecule has 0 aliphatic heterocycles. The highest BCUT2D eigenvalue weighted by Gasteiger charge is 2.24. The molecule has 0 aliphatic carbocycles. The molecule has 0 radical (unpaired) electrons. The van der Waals surface area contributed by atoms with Crippen LogP contribution in [0.1, 0.15) is 39.3 Å². The summed E-state index contributed by atoms with van der Waals surface area (Å²) in [5.41, 5.74) is 1.65. The number of hydrogen-bond acceptors (Lipinski definition) is 3. The van der Waals surface area contributed by atoms with Crippen LogP contribution in [-0.4, -0.2) is 21.1 Å². The Kier molecular flexibility index (Phi) is 3.35. The van der Waals surface area contributed by atoms with Crippen molar-refractivity contribution in [2.24, 2.45) is 0 Å². The number of carbonyl (C=O) groups excluding carboxylic acids is 1. The van der Waals surface area contributed by atoms with Crippen LogP contribution in [0.25, 0.3) is 10.9 Å². The number of hydrogen-bond donors (Lipinski definition) is 0. The fraction of sp³-hybridized carbons (Fsp3) is 0.467. The van der Waals surface area contributed by atoms with Gasteiger partial charge in [-0.1, -0.05) is 0 Å². The number of fused-ring (bicyclic) bond motifs is 1. The van der Waals surface area contributed by atoms with Crippen LogP contribution in [0.5, 0.6) is 0 Å². The quantitative estimate of drug-likeness (QED) is 0.778. The zero-order valence-electron chi connectivity index (χ0n) is 12.1. The maximum atomic E-state index is 12.2. The molecule has 1 atom stereocenters. The van der Waals surface area contributed by atoms with Gasteiger partial charge in [0.05, 0.1) is 5.52 Å². The van der Waals surface area contributed by atoms with Crippen LogP contribution in [0, 0.1) is 6.92 Å². The van der Waals surface area contributed by atoms with E-state index in [0.29, 0.717) is 0 Å².